The Morgan fingerprint density at radius 2 is 1.74 bits per heavy atom. The number of rotatable bonds is 2. The van der Waals surface area contributed by atoms with E-state index in [1.54, 1.807) is 18.2 Å². The predicted molar refractivity (Wildman–Crippen MR) is 84.4 cm³/mol. The van der Waals surface area contributed by atoms with Crippen LogP contribution in [0.15, 0.2) is 36.4 Å². The molecule has 0 fully saturated rings. The number of nitrogens with one attached hydrogen (secondary N) is 1. The Bertz CT molecular complexity index is 734. The molecule has 0 bridgehead atoms. The van der Waals surface area contributed by atoms with Gasteiger partial charge in [-0.1, -0.05) is 52.2 Å². The minimum absolute atomic E-state index is 0.560. The third-order valence-corrected chi connectivity index (χ3v) is 4.34. The first-order chi connectivity index (χ1) is 9.13. The molecule has 0 unspecified atom stereocenters. The Labute approximate surface area is 128 Å². The van der Waals surface area contributed by atoms with E-state index in [-0.39, 0.29) is 0 Å². The zero-order valence-electron chi connectivity index (χ0n) is 9.45. The third-order valence-electron chi connectivity index (χ3n) is 2.55. The van der Waals surface area contributed by atoms with Crippen LogP contribution in [0.25, 0.3) is 10.2 Å². The first kappa shape index (κ1) is 13.0. The minimum Gasteiger partial charge on any atom is -0.329 e. The summed E-state index contributed by atoms with van der Waals surface area (Å²) in [5.74, 6) is 0. The van der Waals surface area contributed by atoms with Crippen LogP contribution in [-0.2, 0) is 0 Å². The zero-order chi connectivity index (χ0) is 13.4. The molecule has 0 radical (unpaired) electrons. The summed E-state index contributed by atoms with van der Waals surface area (Å²) in [6.45, 7) is 0. The molecule has 0 atom stereocenters. The Morgan fingerprint density at radius 3 is 2.47 bits per heavy atom. The molecule has 19 heavy (non-hydrogen) atoms. The maximum atomic E-state index is 6.11. The second kappa shape index (κ2) is 5.17. The van der Waals surface area contributed by atoms with E-state index >= 15 is 0 Å². The van der Waals surface area contributed by atoms with Crippen molar-refractivity contribution in [2.24, 2.45) is 0 Å². The number of hydrogen-bond donors (Lipinski definition) is 1. The van der Waals surface area contributed by atoms with Gasteiger partial charge < -0.3 is 5.32 Å². The number of nitrogens with zero attached hydrogens (tertiary/aromatic N) is 1. The fraction of sp³-hybridized carbons (Fsp3) is 0. The van der Waals surface area contributed by atoms with Crippen molar-refractivity contribution in [1.82, 2.24) is 4.98 Å². The second-order valence-electron chi connectivity index (χ2n) is 3.85. The summed E-state index contributed by atoms with van der Waals surface area (Å²) in [5.41, 5.74) is 1.55. The maximum absolute atomic E-state index is 6.11. The second-order valence-corrected chi connectivity index (χ2v) is 6.13. The number of halogens is 3. The molecule has 2 nitrogen and oxygen atoms in total. The molecule has 0 aliphatic carbocycles. The lowest BCUT2D eigenvalue weighted by molar-refractivity contribution is 1.44. The number of aromatic nitrogens is 1. The normalized spacial score (nSPS) is 10.9. The molecule has 0 aliphatic rings. The van der Waals surface area contributed by atoms with Crippen molar-refractivity contribution in [3.05, 3.63) is 51.5 Å². The average molecular weight is 330 g/mol. The van der Waals surface area contributed by atoms with E-state index in [0.29, 0.717) is 20.8 Å². The molecule has 0 spiro atoms. The summed E-state index contributed by atoms with van der Waals surface area (Å²) in [6.07, 6.45) is 0. The van der Waals surface area contributed by atoms with Crippen molar-refractivity contribution in [2.45, 2.75) is 0 Å². The molecular weight excluding hydrogens is 323 g/mol. The van der Waals surface area contributed by atoms with Crippen molar-refractivity contribution in [3.8, 4) is 0 Å². The van der Waals surface area contributed by atoms with E-state index in [9.17, 15) is 0 Å². The third kappa shape index (κ3) is 2.65. The molecule has 1 N–H and O–H groups in total. The molecule has 3 rings (SSSR count). The van der Waals surface area contributed by atoms with E-state index < -0.39 is 0 Å². The van der Waals surface area contributed by atoms with Crippen LogP contribution in [0.4, 0.5) is 10.8 Å². The Balaban J connectivity index is 2.01. The molecule has 6 heteroatoms. The number of para-hydroxylation sites is 1. The predicted octanol–water partition coefficient (Wildman–Crippen LogP) is 6.00. The van der Waals surface area contributed by atoms with Gasteiger partial charge >= 0.3 is 0 Å². The molecule has 3 aromatic rings. The topological polar surface area (TPSA) is 24.9 Å². The number of fused-ring (bicyclic) bond motifs is 1. The monoisotopic (exact) mass is 328 g/mol. The van der Waals surface area contributed by atoms with Gasteiger partial charge in [-0.3, -0.25) is 0 Å². The number of thiazole rings is 1. The highest BCUT2D eigenvalue weighted by atomic mass is 35.5. The van der Waals surface area contributed by atoms with E-state index in [4.69, 9.17) is 34.8 Å². The molecule has 1 heterocycles. The largest absolute Gasteiger partial charge is 0.329 e. The van der Waals surface area contributed by atoms with Crippen molar-refractivity contribution < 1.29 is 0 Å². The van der Waals surface area contributed by atoms with Crippen molar-refractivity contribution in [3.63, 3.8) is 0 Å². The van der Waals surface area contributed by atoms with E-state index in [2.05, 4.69) is 10.3 Å². The SMILES string of the molecule is Clc1ccc2nc(Nc3c(Cl)cccc3Cl)sc2c1. The van der Waals surface area contributed by atoms with Gasteiger partial charge in [-0.15, -0.1) is 0 Å². The summed E-state index contributed by atoms with van der Waals surface area (Å²) in [6, 6.07) is 10.9. The zero-order valence-corrected chi connectivity index (χ0v) is 12.5. The van der Waals surface area contributed by atoms with Crippen LogP contribution in [0.1, 0.15) is 0 Å². The number of anilines is 2. The van der Waals surface area contributed by atoms with Crippen LogP contribution >= 0.6 is 46.1 Å². The Morgan fingerprint density at radius 1 is 1.00 bits per heavy atom. The standard InChI is InChI=1S/C13H7Cl3N2S/c14-7-4-5-10-11(6-7)19-13(17-10)18-12-8(15)2-1-3-9(12)16/h1-6H,(H,17,18). The van der Waals surface area contributed by atoms with Crippen LogP contribution in [0.2, 0.25) is 15.1 Å². The van der Waals surface area contributed by atoms with Gasteiger partial charge in [0.2, 0.25) is 0 Å². The lowest BCUT2D eigenvalue weighted by atomic mass is 10.3. The Hall–Kier alpha value is -1.00. The molecular formula is C13H7Cl3N2S. The summed E-state index contributed by atoms with van der Waals surface area (Å²) < 4.78 is 1.01. The highest BCUT2D eigenvalue weighted by molar-refractivity contribution is 7.22. The van der Waals surface area contributed by atoms with E-state index in [1.165, 1.54) is 11.3 Å². The van der Waals surface area contributed by atoms with Gasteiger partial charge in [0.15, 0.2) is 5.13 Å². The van der Waals surface area contributed by atoms with E-state index in [0.717, 1.165) is 15.3 Å². The van der Waals surface area contributed by atoms with Crippen LogP contribution in [-0.4, -0.2) is 4.98 Å². The van der Waals surface area contributed by atoms with Gasteiger partial charge in [-0.25, -0.2) is 4.98 Å². The minimum atomic E-state index is 0.560. The first-order valence-electron chi connectivity index (χ1n) is 5.40. The van der Waals surface area contributed by atoms with E-state index in [1.807, 2.05) is 18.2 Å². The van der Waals surface area contributed by atoms with Crippen molar-refractivity contribution >= 4 is 67.2 Å². The van der Waals surface area contributed by atoms with Crippen LogP contribution in [0, 0.1) is 0 Å². The van der Waals surface area contributed by atoms with Gasteiger partial charge in [0, 0.05) is 5.02 Å². The number of benzene rings is 2. The molecule has 96 valence electrons. The van der Waals surface area contributed by atoms with Gasteiger partial charge in [0.1, 0.15) is 0 Å². The number of hydrogen-bond acceptors (Lipinski definition) is 3. The Kier molecular flexibility index (Phi) is 3.54. The van der Waals surface area contributed by atoms with Gasteiger partial charge in [-0.05, 0) is 30.3 Å². The molecule has 0 saturated carbocycles. The molecule has 0 saturated heterocycles. The lowest BCUT2D eigenvalue weighted by Crippen LogP contribution is -1.91. The average Bonchev–Trinajstić information content (AvgIpc) is 2.75. The van der Waals surface area contributed by atoms with Crippen LogP contribution in [0.5, 0.6) is 0 Å². The van der Waals surface area contributed by atoms with Crippen LogP contribution in [0.3, 0.4) is 0 Å². The maximum Gasteiger partial charge on any atom is 0.188 e. The van der Waals surface area contributed by atoms with Crippen molar-refractivity contribution in [2.75, 3.05) is 5.32 Å². The first-order valence-corrected chi connectivity index (χ1v) is 7.35. The summed E-state index contributed by atoms with van der Waals surface area (Å²) in [7, 11) is 0. The lowest BCUT2D eigenvalue weighted by Gasteiger charge is -2.06. The summed E-state index contributed by atoms with van der Waals surface area (Å²) >= 11 is 19.7. The van der Waals surface area contributed by atoms with Gasteiger partial charge in [0.25, 0.3) is 0 Å². The molecule has 0 aliphatic heterocycles. The summed E-state index contributed by atoms with van der Waals surface area (Å²) in [4.78, 5) is 4.46. The fourth-order valence-electron chi connectivity index (χ4n) is 1.68. The highest BCUT2D eigenvalue weighted by Crippen LogP contribution is 2.35. The fourth-order valence-corrected chi connectivity index (χ4v) is 3.31. The molecule has 1 aromatic heterocycles. The highest BCUT2D eigenvalue weighted by Gasteiger charge is 2.09. The molecule has 2 aromatic carbocycles. The smallest absolute Gasteiger partial charge is 0.188 e. The quantitative estimate of drug-likeness (QED) is 0.623. The summed E-state index contributed by atoms with van der Waals surface area (Å²) in [5, 5.41) is 5.69. The molecule has 0 amide bonds. The van der Waals surface area contributed by atoms with Gasteiger partial charge in [0.05, 0.1) is 25.9 Å². The van der Waals surface area contributed by atoms with Crippen LogP contribution < -0.4 is 5.32 Å². The van der Waals surface area contributed by atoms with Gasteiger partial charge in [-0.2, -0.15) is 0 Å². The van der Waals surface area contributed by atoms with Crippen molar-refractivity contribution in [1.29, 1.82) is 0 Å².